The van der Waals surface area contributed by atoms with E-state index in [1.165, 1.54) is 12.8 Å². The lowest BCUT2D eigenvalue weighted by Crippen LogP contribution is -2.36. The number of carbonyl (C=O) groups is 1. The molecule has 0 aliphatic heterocycles. The Morgan fingerprint density at radius 1 is 1.36 bits per heavy atom. The minimum Gasteiger partial charge on any atom is -0.445 e. The van der Waals surface area contributed by atoms with Gasteiger partial charge in [0.1, 0.15) is 12.4 Å². The lowest BCUT2D eigenvalue weighted by molar-refractivity contribution is 0.125. The number of imidazole rings is 1. The van der Waals surface area contributed by atoms with Gasteiger partial charge in [-0.15, -0.1) is 0 Å². The van der Waals surface area contributed by atoms with Crippen molar-refractivity contribution in [3.63, 3.8) is 0 Å². The van der Waals surface area contributed by atoms with Crippen molar-refractivity contribution in [1.82, 2.24) is 15.3 Å². The molecule has 1 aliphatic rings. The van der Waals surface area contributed by atoms with E-state index in [4.69, 9.17) is 4.74 Å². The molecule has 1 saturated carbocycles. The summed E-state index contributed by atoms with van der Waals surface area (Å²) in [7, 11) is 0. The number of hydrogen-bond donors (Lipinski definition) is 2. The molecule has 0 saturated heterocycles. The van der Waals surface area contributed by atoms with E-state index in [1.807, 2.05) is 43.5 Å². The van der Waals surface area contributed by atoms with E-state index < -0.39 is 0 Å². The van der Waals surface area contributed by atoms with Crippen molar-refractivity contribution in [3.05, 3.63) is 53.6 Å². The Hall–Kier alpha value is -2.30. The summed E-state index contributed by atoms with van der Waals surface area (Å²) in [5.74, 6) is 1.96. The largest absolute Gasteiger partial charge is 0.445 e. The zero-order valence-corrected chi connectivity index (χ0v) is 15.0. The standard InChI is InChI=1S/C20H27N3O2/c1-14-7-6-10-17(11-14)19(18-12-21-15(2)22-18)23-20(24)25-13-16-8-4-3-5-9-16/h3-5,8-9,12,14,17,19H,6-7,10-11,13H2,1-2H3,(H,21,22)(H,23,24). The van der Waals surface area contributed by atoms with Gasteiger partial charge in [0.25, 0.3) is 0 Å². The summed E-state index contributed by atoms with van der Waals surface area (Å²) in [5, 5.41) is 3.07. The number of rotatable bonds is 5. The number of nitrogens with one attached hydrogen (secondary N) is 2. The van der Waals surface area contributed by atoms with E-state index in [2.05, 4.69) is 22.2 Å². The van der Waals surface area contributed by atoms with Gasteiger partial charge in [0.15, 0.2) is 0 Å². The Morgan fingerprint density at radius 3 is 2.84 bits per heavy atom. The minimum atomic E-state index is -0.376. The van der Waals surface area contributed by atoms with Gasteiger partial charge < -0.3 is 15.0 Å². The topological polar surface area (TPSA) is 67.0 Å². The summed E-state index contributed by atoms with van der Waals surface area (Å²) in [4.78, 5) is 20.0. The Labute approximate surface area is 149 Å². The quantitative estimate of drug-likeness (QED) is 0.840. The molecular weight excluding hydrogens is 314 g/mol. The zero-order valence-electron chi connectivity index (χ0n) is 15.0. The average Bonchev–Trinajstić information content (AvgIpc) is 3.05. The molecule has 5 heteroatoms. The molecule has 3 unspecified atom stereocenters. The van der Waals surface area contributed by atoms with Gasteiger partial charge >= 0.3 is 6.09 Å². The van der Waals surface area contributed by atoms with E-state index in [0.29, 0.717) is 11.8 Å². The van der Waals surface area contributed by atoms with Gasteiger partial charge in [0.05, 0.1) is 17.9 Å². The summed E-state index contributed by atoms with van der Waals surface area (Å²) in [6.45, 7) is 4.50. The van der Waals surface area contributed by atoms with Crippen LogP contribution in [0, 0.1) is 18.8 Å². The summed E-state index contributed by atoms with van der Waals surface area (Å²) in [6.07, 6.45) is 6.16. The Kier molecular flexibility index (Phi) is 5.74. The van der Waals surface area contributed by atoms with Crippen molar-refractivity contribution in [3.8, 4) is 0 Å². The summed E-state index contributed by atoms with van der Waals surface area (Å²) >= 11 is 0. The van der Waals surface area contributed by atoms with E-state index in [1.54, 1.807) is 0 Å². The van der Waals surface area contributed by atoms with E-state index >= 15 is 0 Å². The second-order valence-corrected chi connectivity index (χ2v) is 7.14. The summed E-state index contributed by atoms with van der Waals surface area (Å²) < 4.78 is 5.42. The maximum absolute atomic E-state index is 12.4. The zero-order chi connectivity index (χ0) is 17.6. The average molecular weight is 341 g/mol. The van der Waals surface area contributed by atoms with Gasteiger partial charge in [-0.2, -0.15) is 0 Å². The van der Waals surface area contributed by atoms with Crippen LogP contribution in [-0.4, -0.2) is 16.1 Å². The van der Waals surface area contributed by atoms with Crippen molar-refractivity contribution in [1.29, 1.82) is 0 Å². The summed E-state index contributed by atoms with van der Waals surface area (Å²) in [5.41, 5.74) is 1.95. The van der Waals surface area contributed by atoms with E-state index in [0.717, 1.165) is 29.9 Å². The monoisotopic (exact) mass is 341 g/mol. The first-order valence-electron chi connectivity index (χ1n) is 9.10. The number of aromatic nitrogens is 2. The second-order valence-electron chi connectivity index (χ2n) is 7.14. The predicted molar refractivity (Wildman–Crippen MR) is 97.0 cm³/mol. The fourth-order valence-electron chi connectivity index (χ4n) is 3.72. The number of alkyl carbamates (subject to hydrolysis) is 1. The first kappa shape index (κ1) is 17.5. The molecule has 134 valence electrons. The number of amides is 1. The van der Waals surface area contributed by atoms with Crippen LogP contribution in [0.5, 0.6) is 0 Å². The highest BCUT2D eigenvalue weighted by Crippen LogP contribution is 2.36. The molecule has 3 rings (SSSR count). The van der Waals surface area contributed by atoms with Crippen LogP contribution in [0.4, 0.5) is 4.79 Å². The van der Waals surface area contributed by atoms with Crippen molar-refractivity contribution in [2.75, 3.05) is 0 Å². The van der Waals surface area contributed by atoms with Crippen LogP contribution < -0.4 is 5.32 Å². The number of hydrogen-bond acceptors (Lipinski definition) is 3. The summed E-state index contributed by atoms with van der Waals surface area (Å²) in [6, 6.07) is 9.65. The molecule has 1 amide bonds. The number of aryl methyl sites for hydroxylation is 1. The molecule has 1 heterocycles. The van der Waals surface area contributed by atoms with Gasteiger partial charge in [-0.1, -0.05) is 50.1 Å². The molecule has 25 heavy (non-hydrogen) atoms. The molecule has 1 aromatic carbocycles. The lowest BCUT2D eigenvalue weighted by Gasteiger charge is -2.33. The van der Waals surface area contributed by atoms with Crippen molar-refractivity contribution >= 4 is 6.09 Å². The minimum absolute atomic E-state index is 0.0766. The van der Waals surface area contributed by atoms with Crippen LogP contribution in [0.15, 0.2) is 36.5 Å². The van der Waals surface area contributed by atoms with E-state index in [-0.39, 0.29) is 18.7 Å². The molecule has 0 radical (unpaired) electrons. The van der Waals surface area contributed by atoms with Crippen molar-refractivity contribution in [2.45, 2.75) is 52.2 Å². The normalized spacial score (nSPS) is 21.5. The molecule has 0 bridgehead atoms. The molecule has 3 atom stereocenters. The van der Waals surface area contributed by atoms with Crippen LogP contribution in [0.2, 0.25) is 0 Å². The highest BCUT2D eigenvalue weighted by atomic mass is 16.5. The maximum atomic E-state index is 12.4. The van der Waals surface area contributed by atoms with Gasteiger partial charge in [0.2, 0.25) is 0 Å². The SMILES string of the molecule is Cc1ncc(C(NC(=O)OCc2ccccc2)C2CCCC(C)C2)[nH]1. The van der Waals surface area contributed by atoms with Gasteiger partial charge in [0, 0.05) is 0 Å². The Morgan fingerprint density at radius 2 is 2.16 bits per heavy atom. The smallest absolute Gasteiger partial charge is 0.408 e. The van der Waals surface area contributed by atoms with Crippen LogP contribution >= 0.6 is 0 Å². The Bertz CT molecular complexity index is 683. The van der Waals surface area contributed by atoms with Crippen LogP contribution in [-0.2, 0) is 11.3 Å². The van der Waals surface area contributed by atoms with Crippen molar-refractivity contribution in [2.24, 2.45) is 11.8 Å². The molecule has 2 N–H and O–H groups in total. The molecule has 0 spiro atoms. The molecule has 1 aliphatic carbocycles. The molecule has 5 nitrogen and oxygen atoms in total. The van der Waals surface area contributed by atoms with Crippen LogP contribution in [0.3, 0.4) is 0 Å². The highest BCUT2D eigenvalue weighted by molar-refractivity contribution is 5.67. The Balaban J connectivity index is 1.65. The number of H-pyrrole nitrogens is 1. The molecule has 2 aromatic rings. The van der Waals surface area contributed by atoms with Gasteiger partial charge in [-0.25, -0.2) is 9.78 Å². The first-order valence-corrected chi connectivity index (χ1v) is 9.10. The maximum Gasteiger partial charge on any atom is 0.408 e. The fourth-order valence-corrected chi connectivity index (χ4v) is 3.72. The molecule has 1 fully saturated rings. The third kappa shape index (κ3) is 4.84. The third-order valence-corrected chi connectivity index (χ3v) is 4.99. The number of benzene rings is 1. The van der Waals surface area contributed by atoms with Gasteiger partial charge in [-0.3, -0.25) is 0 Å². The number of nitrogens with zero attached hydrogens (tertiary/aromatic N) is 1. The molecular formula is C20H27N3O2. The lowest BCUT2D eigenvalue weighted by atomic mass is 9.78. The van der Waals surface area contributed by atoms with Crippen LogP contribution in [0.25, 0.3) is 0 Å². The highest BCUT2D eigenvalue weighted by Gasteiger charge is 2.30. The van der Waals surface area contributed by atoms with E-state index in [9.17, 15) is 4.79 Å². The molecule has 1 aromatic heterocycles. The predicted octanol–water partition coefficient (Wildman–Crippen LogP) is 4.51. The fraction of sp³-hybridized carbons (Fsp3) is 0.500. The number of aromatic amines is 1. The van der Waals surface area contributed by atoms with Crippen molar-refractivity contribution < 1.29 is 9.53 Å². The van der Waals surface area contributed by atoms with Gasteiger partial charge in [-0.05, 0) is 37.2 Å². The third-order valence-electron chi connectivity index (χ3n) is 4.99. The second kappa shape index (κ2) is 8.19. The van der Waals surface area contributed by atoms with Crippen LogP contribution in [0.1, 0.15) is 55.7 Å². The number of ether oxygens (including phenoxy) is 1. The number of carbonyl (C=O) groups excluding carboxylic acids is 1. The first-order chi connectivity index (χ1) is 12.1.